The average molecular weight is 357 g/mol. The first kappa shape index (κ1) is 21.3. The second-order valence-electron chi connectivity index (χ2n) is 2.95. The molecule has 1 aromatic carbocycles. The Balaban J connectivity index is 0. The smallest absolute Gasteiger partial charge is 0.416 e. The van der Waals surface area contributed by atoms with Gasteiger partial charge in [-0.2, -0.15) is 13.2 Å². The molecule has 0 aromatic heterocycles. The molecule has 0 atom stereocenters. The van der Waals surface area contributed by atoms with E-state index < -0.39 is 17.7 Å². The fourth-order valence-corrected chi connectivity index (χ4v) is 1.90. The fourth-order valence-electron chi connectivity index (χ4n) is 1.30. The highest BCUT2D eigenvalue weighted by atomic mass is 79.9. The lowest BCUT2D eigenvalue weighted by Crippen LogP contribution is -2.13. The number of halogens is 4. The Morgan fingerprint density at radius 2 is 1.70 bits per heavy atom. The number of benzene rings is 1. The molecule has 0 aliphatic heterocycles. The summed E-state index contributed by atoms with van der Waals surface area (Å²) in [5, 5.41) is -0.0624. The summed E-state index contributed by atoms with van der Waals surface area (Å²) in [7, 11) is 1.13. The third-order valence-corrected chi connectivity index (χ3v) is 2.58. The zero-order valence-electron chi connectivity index (χ0n) is 12.3. The Hall–Kier alpha value is -1.04. The van der Waals surface area contributed by atoms with Crippen LogP contribution in [-0.2, 0) is 16.2 Å². The minimum atomic E-state index is -4.48. The van der Waals surface area contributed by atoms with Gasteiger partial charge in [0.15, 0.2) is 0 Å². The molecule has 0 unspecified atom stereocenters. The third kappa shape index (κ3) is 5.94. The molecule has 0 N–H and O–H groups in total. The second-order valence-corrected chi connectivity index (χ2v) is 3.52. The molecule has 1 rings (SSSR count). The molecule has 0 saturated carbocycles. The van der Waals surface area contributed by atoms with E-state index in [1.165, 1.54) is 12.1 Å². The number of hydrogen-bond donors (Lipinski definition) is 0. The van der Waals surface area contributed by atoms with Crippen LogP contribution >= 0.6 is 15.9 Å². The van der Waals surface area contributed by atoms with Gasteiger partial charge in [-0.15, -0.1) is 0 Å². The van der Waals surface area contributed by atoms with E-state index in [4.69, 9.17) is 0 Å². The molecular weight excluding hydrogens is 337 g/mol. The molecule has 0 radical (unpaired) electrons. The predicted octanol–water partition coefficient (Wildman–Crippen LogP) is 5.44. The number of ether oxygens (including phenoxy) is 1. The Morgan fingerprint density at radius 1 is 1.20 bits per heavy atom. The highest BCUT2D eigenvalue weighted by Gasteiger charge is 2.34. The summed E-state index contributed by atoms with van der Waals surface area (Å²) in [5.41, 5.74) is -1.01. The Labute approximate surface area is 126 Å². The molecule has 116 valence electrons. The van der Waals surface area contributed by atoms with Gasteiger partial charge in [0.25, 0.3) is 0 Å². The largest absolute Gasteiger partial charge is 0.465 e. The molecule has 0 saturated heterocycles. The van der Waals surface area contributed by atoms with Crippen molar-refractivity contribution in [1.29, 1.82) is 0 Å². The van der Waals surface area contributed by atoms with Gasteiger partial charge < -0.3 is 4.74 Å². The second kappa shape index (κ2) is 10.7. The highest BCUT2D eigenvalue weighted by molar-refractivity contribution is 9.08. The molecule has 0 amide bonds. The molecule has 0 aliphatic rings. The minimum absolute atomic E-state index is 0.0624. The third-order valence-electron chi connectivity index (χ3n) is 2.02. The normalized spacial score (nSPS) is 9.65. The van der Waals surface area contributed by atoms with Gasteiger partial charge in [0.1, 0.15) is 0 Å². The molecule has 20 heavy (non-hydrogen) atoms. The number of alkyl halides is 4. The maximum atomic E-state index is 12.6. The van der Waals surface area contributed by atoms with Gasteiger partial charge in [-0.25, -0.2) is 4.79 Å². The predicted molar refractivity (Wildman–Crippen MR) is 78.1 cm³/mol. The van der Waals surface area contributed by atoms with Crippen molar-refractivity contribution in [3.05, 3.63) is 34.9 Å². The first-order chi connectivity index (χ1) is 9.41. The first-order valence-corrected chi connectivity index (χ1v) is 7.37. The lowest BCUT2D eigenvalue weighted by atomic mass is 10.0. The van der Waals surface area contributed by atoms with Crippen molar-refractivity contribution in [2.24, 2.45) is 0 Å². The topological polar surface area (TPSA) is 26.3 Å². The van der Waals surface area contributed by atoms with Crippen LogP contribution in [0.15, 0.2) is 18.2 Å². The average Bonchev–Trinajstić information content (AvgIpc) is 2.48. The van der Waals surface area contributed by atoms with E-state index >= 15 is 0 Å². The Morgan fingerprint density at radius 3 is 2.05 bits per heavy atom. The summed E-state index contributed by atoms with van der Waals surface area (Å²) in [6.07, 6.45) is -4.48. The molecule has 0 spiro atoms. The van der Waals surface area contributed by atoms with E-state index in [-0.39, 0.29) is 16.5 Å². The number of carbonyl (C=O) groups is 1. The van der Waals surface area contributed by atoms with Crippen molar-refractivity contribution in [1.82, 2.24) is 0 Å². The van der Waals surface area contributed by atoms with Gasteiger partial charge in [-0.3, -0.25) is 0 Å². The maximum absolute atomic E-state index is 12.6. The number of esters is 1. The minimum Gasteiger partial charge on any atom is -0.465 e. The van der Waals surface area contributed by atoms with Crippen LogP contribution in [0.1, 0.15) is 49.2 Å². The van der Waals surface area contributed by atoms with E-state index in [0.29, 0.717) is 0 Å². The van der Waals surface area contributed by atoms with Gasteiger partial charge in [0.05, 0.1) is 18.2 Å². The molecule has 2 nitrogen and oxygen atoms in total. The van der Waals surface area contributed by atoms with E-state index in [1.54, 1.807) is 0 Å². The lowest BCUT2D eigenvalue weighted by molar-refractivity contribution is -0.138. The van der Waals surface area contributed by atoms with Crippen molar-refractivity contribution in [2.75, 3.05) is 7.11 Å². The van der Waals surface area contributed by atoms with Gasteiger partial charge in [-0.05, 0) is 17.7 Å². The summed E-state index contributed by atoms with van der Waals surface area (Å²) in [6.45, 7) is 8.00. The summed E-state index contributed by atoms with van der Waals surface area (Å²) >= 11 is 2.94. The van der Waals surface area contributed by atoms with Crippen LogP contribution in [0.25, 0.3) is 0 Å². The van der Waals surface area contributed by atoms with Gasteiger partial charge in [0.2, 0.25) is 0 Å². The van der Waals surface area contributed by atoms with Crippen LogP contribution in [-0.4, -0.2) is 13.1 Å². The summed E-state index contributed by atoms with van der Waals surface area (Å²) in [5.74, 6) is -0.777. The van der Waals surface area contributed by atoms with Gasteiger partial charge in [0, 0.05) is 5.33 Å². The zero-order valence-corrected chi connectivity index (χ0v) is 13.9. The molecular formula is C14H20BrF3O2. The Kier molecular flexibility index (Phi) is 11.4. The SMILES string of the molecule is CC.CC.COC(=O)c1cccc(C(F)(F)F)c1CBr. The van der Waals surface area contributed by atoms with Crippen molar-refractivity contribution in [3.8, 4) is 0 Å². The monoisotopic (exact) mass is 356 g/mol. The van der Waals surface area contributed by atoms with Crippen LogP contribution in [0.2, 0.25) is 0 Å². The van der Waals surface area contributed by atoms with Gasteiger partial charge >= 0.3 is 12.1 Å². The van der Waals surface area contributed by atoms with Crippen molar-refractivity contribution < 1.29 is 22.7 Å². The number of methoxy groups -OCH3 is 1. The molecule has 1 aromatic rings. The maximum Gasteiger partial charge on any atom is 0.416 e. The molecule has 0 aliphatic carbocycles. The zero-order chi connectivity index (χ0) is 16.3. The first-order valence-electron chi connectivity index (χ1n) is 6.25. The van der Waals surface area contributed by atoms with Crippen LogP contribution in [0.4, 0.5) is 13.2 Å². The van der Waals surface area contributed by atoms with Crippen LogP contribution < -0.4 is 0 Å². The standard InChI is InChI=1S/C10H8BrF3O2.2C2H6/c1-16-9(15)6-3-2-4-8(7(6)5-11)10(12,13)14;2*1-2/h2-4H,5H2,1H3;2*1-2H3. The fraction of sp³-hybridized carbons (Fsp3) is 0.500. The van der Waals surface area contributed by atoms with Crippen LogP contribution in [0, 0.1) is 0 Å². The molecule has 0 bridgehead atoms. The lowest BCUT2D eigenvalue weighted by Gasteiger charge is -2.13. The Bertz CT molecular complexity index is 404. The molecule has 0 heterocycles. The van der Waals surface area contributed by atoms with Crippen LogP contribution in [0.3, 0.4) is 0 Å². The number of carbonyl (C=O) groups excluding carboxylic acids is 1. The number of rotatable bonds is 2. The quantitative estimate of drug-likeness (QED) is 0.520. The van der Waals surface area contributed by atoms with Crippen LogP contribution in [0.5, 0.6) is 0 Å². The van der Waals surface area contributed by atoms with Crippen molar-refractivity contribution in [3.63, 3.8) is 0 Å². The number of hydrogen-bond acceptors (Lipinski definition) is 2. The highest BCUT2D eigenvalue weighted by Crippen LogP contribution is 2.34. The molecule has 6 heteroatoms. The summed E-state index contributed by atoms with van der Waals surface area (Å²) < 4.78 is 42.2. The van der Waals surface area contributed by atoms with E-state index in [2.05, 4.69) is 20.7 Å². The summed E-state index contributed by atoms with van der Waals surface area (Å²) in [6, 6.07) is 3.42. The van der Waals surface area contributed by atoms with E-state index in [9.17, 15) is 18.0 Å². The molecule has 0 fully saturated rings. The van der Waals surface area contributed by atoms with Gasteiger partial charge in [-0.1, -0.05) is 49.7 Å². The van der Waals surface area contributed by atoms with Crippen molar-refractivity contribution in [2.45, 2.75) is 39.2 Å². The van der Waals surface area contributed by atoms with Crippen molar-refractivity contribution >= 4 is 21.9 Å². The van der Waals surface area contributed by atoms with E-state index in [1.807, 2.05) is 27.7 Å². The van der Waals surface area contributed by atoms with E-state index in [0.717, 1.165) is 13.2 Å². The summed E-state index contributed by atoms with van der Waals surface area (Å²) in [4.78, 5) is 11.3.